The third-order valence-corrected chi connectivity index (χ3v) is 5.94. The van der Waals surface area contributed by atoms with E-state index in [-0.39, 0.29) is 18.4 Å². The van der Waals surface area contributed by atoms with E-state index < -0.39 is 11.7 Å². The summed E-state index contributed by atoms with van der Waals surface area (Å²) >= 11 is 0. The Morgan fingerprint density at radius 2 is 1.88 bits per heavy atom. The van der Waals surface area contributed by atoms with Gasteiger partial charge in [0.15, 0.2) is 5.65 Å². The lowest BCUT2D eigenvalue weighted by molar-refractivity contribution is -0.137. The van der Waals surface area contributed by atoms with Crippen LogP contribution in [0.2, 0.25) is 0 Å². The number of amides is 1. The van der Waals surface area contributed by atoms with E-state index in [0.29, 0.717) is 18.0 Å². The van der Waals surface area contributed by atoms with Crippen molar-refractivity contribution in [1.82, 2.24) is 19.5 Å². The minimum atomic E-state index is -4.43. The molecule has 2 aromatic heterocycles. The van der Waals surface area contributed by atoms with Crippen LogP contribution in [0.1, 0.15) is 46.8 Å². The van der Waals surface area contributed by atoms with Crippen LogP contribution in [0.25, 0.3) is 5.65 Å². The van der Waals surface area contributed by atoms with Gasteiger partial charge in [-0.15, -0.1) is 10.2 Å². The molecule has 0 saturated carbocycles. The van der Waals surface area contributed by atoms with Gasteiger partial charge in [0.1, 0.15) is 5.82 Å². The first-order valence-electron chi connectivity index (χ1n) is 10.6. The maximum Gasteiger partial charge on any atom is 0.417 e. The molecule has 0 radical (unpaired) electrons. The van der Waals surface area contributed by atoms with E-state index in [1.165, 1.54) is 10.5 Å². The van der Waals surface area contributed by atoms with Gasteiger partial charge < -0.3 is 5.32 Å². The molecule has 3 heterocycles. The summed E-state index contributed by atoms with van der Waals surface area (Å²) in [6, 6.07) is 6.41. The molecule has 32 heavy (non-hydrogen) atoms. The molecule has 1 aliphatic rings. The number of fused-ring (bicyclic) bond motifs is 1. The predicted octanol–water partition coefficient (Wildman–Crippen LogP) is 4.49. The molecule has 0 bridgehead atoms. The second kappa shape index (κ2) is 8.54. The molecule has 1 atom stereocenters. The van der Waals surface area contributed by atoms with Crippen LogP contribution in [-0.2, 0) is 11.0 Å². The van der Waals surface area contributed by atoms with Crippen molar-refractivity contribution in [3.8, 4) is 0 Å². The summed E-state index contributed by atoms with van der Waals surface area (Å²) in [5.74, 6) is 0.297. The van der Waals surface area contributed by atoms with Crippen LogP contribution in [0.15, 0.2) is 30.5 Å². The van der Waals surface area contributed by atoms with Crippen LogP contribution < -0.4 is 5.32 Å². The Labute approximate surface area is 184 Å². The number of carbonyl (C=O) groups is 1. The van der Waals surface area contributed by atoms with E-state index >= 15 is 0 Å². The Kier molecular flexibility index (Phi) is 5.94. The minimum Gasteiger partial charge on any atom is -0.324 e. The number of carbonyl (C=O) groups excluding carboxylic acids is 1. The molecule has 4 rings (SSSR count). The molecule has 1 N–H and O–H groups in total. The summed E-state index contributed by atoms with van der Waals surface area (Å²) in [6.07, 6.45) is -1.77. The van der Waals surface area contributed by atoms with E-state index in [1.54, 1.807) is 0 Å². The number of rotatable bonds is 4. The second-order valence-corrected chi connectivity index (χ2v) is 8.60. The highest BCUT2D eigenvalue weighted by Gasteiger charge is 2.32. The van der Waals surface area contributed by atoms with E-state index in [0.717, 1.165) is 54.0 Å². The van der Waals surface area contributed by atoms with E-state index in [4.69, 9.17) is 0 Å². The quantitative estimate of drug-likeness (QED) is 0.643. The summed E-state index contributed by atoms with van der Waals surface area (Å²) in [6.45, 7) is 7.46. The number of alkyl halides is 3. The van der Waals surface area contributed by atoms with E-state index in [2.05, 4.69) is 15.5 Å². The molecule has 0 aliphatic carbocycles. The number of nitrogens with zero attached hydrogens (tertiary/aromatic N) is 4. The van der Waals surface area contributed by atoms with Crippen LogP contribution in [0.3, 0.4) is 0 Å². The van der Waals surface area contributed by atoms with Crippen molar-refractivity contribution in [1.29, 1.82) is 0 Å². The predicted molar refractivity (Wildman–Crippen MR) is 116 cm³/mol. The zero-order valence-corrected chi connectivity index (χ0v) is 18.3. The number of hydrogen-bond acceptors (Lipinski definition) is 4. The first-order chi connectivity index (χ1) is 15.1. The number of halogens is 3. The van der Waals surface area contributed by atoms with Crippen molar-refractivity contribution >= 4 is 17.2 Å². The zero-order chi connectivity index (χ0) is 23.0. The second-order valence-electron chi connectivity index (χ2n) is 8.60. The topological polar surface area (TPSA) is 62.5 Å². The standard InChI is InChI=1S/C23H26F3N5O/c1-14-9-15(2)21(16(3)10-14)27-20(32)13-30-8-4-5-17(11-30)22-29-28-19-7-6-18(12-31(19)22)23(24,25)26/h6-7,9-10,12,17H,4-5,8,11,13H2,1-3H3,(H,27,32). The minimum absolute atomic E-state index is 0.0992. The lowest BCUT2D eigenvalue weighted by Gasteiger charge is -2.31. The SMILES string of the molecule is Cc1cc(C)c(NC(=O)CN2CCCC(c3nnc4ccc(C(F)(F)F)cn34)C2)c(C)c1. The lowest BCUT2D eigenvalue weighted by atomic mass is 9.97. The van der Waals surface area contributed by atoms with Crippen LogP contribution in [0.4, 0.5) is 18.9 Å². The van der Waals surface area contributed by atoms with Crippen molar-refractivity contribution in [2.24, 2.45) is 0 Å². The number of aryl methyl sites for hydroxylation is 3. The van der Waals surface area contributed by atoms with Crippen molar-refractivity contribution in [2.45, 2.75) is 45.7 Å². The average Bonchev–Trinajstić information content (AvgIpc) is 3.13. The third kappa shape index (κ3) is 4.62. The molecule has 1 saturated heterocycles. The molecule has 1 aromatic carbocycles. The van der Waals surface area contributed by atoms with Crippen molar-refractivity contribution in [3.05, 3.63) is 58.5 Å². The smallest absolute Gasteiger partial charge is 0.324 e. The molecule has 1 unspecified atom stereocenters. The van der Waals surface area contributed by atoms with Gasteiger partial charge in [0.2, 0.25) is 5.91 Å². The van der Waals surface area contributed by atoms with Gasteiger partial charge in [-0.1, -0.05) is 17.7 Å². The Morgan fingerprint density at radius 3 is 2.56 bits per heavy atom. The van der Waals surface area contributed by atoms with Gasteiger partial charge in [0.25, 0.3) is 0 Å². The van der Waals surface area contributed by atoms with Crippen LogP contribution in [0.5, 0.6) is 0 Å². The fourth-order valence-electron chi connectivity index (χ4n) is 4.52. The van der Waals surface area contributed by atoms with Gasteiger partial charge in [-0.2, -0.15) is 13.2 Å². The van der Waals surface area contributed by atoms with Gasteiger partial charge in [0.05, 0.1) is 12.1 Å². The lowest BCUT2D eigenvalue weighted by Crippen LogP contribution is -2.40. The molecular weight excluding hydrogens is 419 g/mol. The number of likely N-dealkylation sites (tertiary alicyclic amines) is 1. The molecular formula is C23H26F3N5O. The fraction of sp³-hybridized carbons (Fsp3) is 0.435. The third-order valence-electron chi connectivity index (χ3n) is 5.94. The highest BCUT2D eigenvalue weighted by atomic mass is 19.4. The fourth-order valence-corrected chi connectivity index (χ4v) is 4.52. The molecule has 6 nitrogen and oxygen atoms in total. The first-order valence-corrected chi connectivity index (χ1v) is 10.6. The van der Waals surface area contributed by atoms with Gasteiger partial charge in [0, 0.05) is 24.3 Å². The average molecular weight is 445 g/mol. The summed E-state index contributed by atoms with van der Waals surface area (Å²) in [5.41, 5.74) is 3.66. The number of hydrogen-bond donors (Lipinski definition) is 1. The van der Waals surface area contributed by atoms with Gasteiger partial charge >= 0.3 is 6.18 Å². The Morgan fingerprint density at radius 1 is 1.16 bits per heavy atom. The molecule has 9 heteroatoms. The van der Waals surface area contributed by atoms with Crippen molar-refractivity contribution < 1.29 is 18.0 Å². The summed E-state index contributed by atoms with van der Waals surface area (Å²) in [7, 11) is 0. The molecule has 1 aliphatic heterocycles. The summed E-state index contributed by atoms with van der Waals surface area (Å²) in [5, 5.41) is 11.2. The van der Waals surface area contributed by atoms with Crippen LogP contribution in [-0.4, -0.2) is 45.0 Å². The van der Waals surface area contributed by atoms with Gasteiger partial charge in [-0.3, -0.25) is 14.1 Å². The molecule has 0 spiro atoms. The van der Waals surface area contributed by atoms with E-state index in [9.17, 15) is 18.0 Å². The van der Waals surface area contributed by atoms with Crippen LogP contribution >= 0.6 is 0 Å². The van der Waals surface area contributed by atoms with Crippen molar-refractivity contribution in [2.75, 3.05) is 25.0 Å². The number of piperidine rings is 1. The zero-order valence-electron chi connectivity index (χ0n) is 18.3. The Hall–Kier alpha value is -2.94. The van der Waals surface area contributed by atoms with E-state index in [1.807, 2.05) is 37.8 Å². The molecule has 170 valence electrons. The number of pyridine rings is 1. The Balaban J connectivity index is 1.48. The first kappa shape index (κ1) is 22.3. The number of aromatic nitrogens is 3. The number of benzene rings is 1. The largest absolute Gasteiger partial charge is 0.417 e. The summed E-state index contributed by atoms with van der Waals surface area (Å²) < 4.78 is 40.9. The maximum atomic E-state index is 13.2. The highest BCUT2D eigenvalue weighted by Crippen LogP contribution is 2.31. The van der Waals surface area contributed by atoms with Gasteiger partial charge in [-0.05, 0) is 63.4 Å². The van der Waals surface area contributed by atoms with Gasteiger partial charge in [-0.25, -0.2) is 0 Å². The van der Waals surface area contributed by atoms with Crippen molar-refractivity contribution in [3.63, 3.8) is 0 Å². The summed E-state index contributed by atoms with van der Waals surface area (Å²) in [4.78, 5) is 14.7. The molecule has 1 amide bonds. The molecule has 3 aromatic rings. The number of anilines is 1. The number of nitrogens with one attached hydrogen (secondary N) is 1. The normalized spacial score (nSPS) is 17.6. The molecule has 1 fully saturated rings. The highest BCUT2D eigenvalue weighted by molar-refractivity contribution is 5.93. The van der Waals surface area contributed by atoms with Crippen LogP contribution in [0, 0.1) is 20.8 Å². The maximum absolute atomic E-state index is 13.2. The Bertz CT molecular complexity index is 1130. The monoisotopic (exact) mass is 445 g/mol.